The fourth-order valence-corrected chi connectivity index (χ4v) is 1.49. The normalized spacial score (nSPS) is 13.1. The van der Waals surface area contributed by atoms with Crippen LogP contribution >= 0.6 is 0 Å². The maximum atomic E-state index is 9.59. The number of benzene rings is 1. The molecule has 14 heavy (non-hydrogen) atoms. The summed E-state index contributed by atoms with van der Waals surface area (Å²) in [7, 11) is 0. The van der Waals surface area contributed by atoms with Crippen LogP contribution in [0.5, 0.6) is 11.5 Å². The fourth-order valence-electron chi connectivity index (χ4n) is 1.49. The molecule has 1 aromatic rings. The maximum Gasteiger partial charge on any atom is 0.162 e. The Balaban J connectivity index is 2.89. The molecule has 0 saturated heterocycles. The fraction of sp³-hybridized carbons (Fsp3) is 0.455. The third kappa shape index (κ3) is 2.39. The second-order valence-electron chi connectivity index (χ2n) is 3.76. The van der Waals surface area contributed by atoms with Gasteiger partial charge in [0.2, 0.25) is 0 Å². The molecule has 0 bridgehead atoms. The lowest BCUT2D eigenvalue weighted by atomic mass is 10.1. The van der Waals surface area contributed by atoms with Gasteiger partial charge in [-0.2, -0.15) is 0 Å². The van der Waals surface area contributed by atoms with Gasteiger partial charge in [-0.05, 0) is 13.0 Å². The molecule has 0 fully saturated rings. The van der Waals surface area contributed by atoms with E-state index < -0.39 is 0 Å². The molecule has 0 aliphatic rings. The molecule has 0 radical (unpaired) electrons. The quantitative estimate of drug-likeness (QED) is 0.648. The minimum Gasteiger partial charge on any atom is -0.504 e. The number of rotatable bonds is 3. The van der Waals surface area contributed by atoms with Crippen molar-refractivity contribution in [2.75, 3.05) is 0 Å². The van der Waals surface area contributed by atoms with Crippen molar-refractivity contribution in [3.05, 3.63) is 23.8 Å². The smallest absolute Gasteiger partial charge is 0.162 e. The molecule has 78 valence electrons. The predicted molar refractivity (Wildman–Crippen MR) is 56.5 cm³/mol. The molecular formula is C11H17NO2. The number of nitrogens with one attached hydrogen (secondary N) is 1. The predicted octanol–water partition coefficient (Wildman–Crippen LogP) is 2.16. The number of phenols is 2. The maximum absolute atomic E-state index is 9.59. The first-order valence-electron chi connectivity index (χ1n) is 4.79. The second-order valence-corrected chi connectivity index (χ2v) is 3.76. The van der Waals surface area contributed by atoms with E-state index >= 15 is 0 Å². The summed E-state index contributed by atoms with van der Waals surface area (Å²) in [5, 5.41) is 22.2. The van der Waals surface area contributed by atoms with Crippen LogP contribution in [0.2, 0.25) is 0 Å². The van der Waals surface area contributed by atoms with E-state index in [1.807, 2.05) is 20.8 Å². The molecule has 0 saturated carbocycles. The summed E-state index contributed by atoms with van der Waals surface area (Å²) in [6.45, 7) is 6.03. The molecule has 3 heteroatoms. The summed E-state index contributed by atoms with van der Waals surface area (Å²) >= 11 is 0. The molecule has 0 heterocycles. The topological polar surface area (TPSA) is 52.5 Å². The Morgan fingerprint density at radius 2 is 1.79 bits per heavy atom. The zero-order valence-electron chi connectivity index (χ0n) is 8.78. The summed E-state index contributed by atoms with van der Waals surface area (Å²) in [6.07, 6.45) is 0. The van der Waals surface area contributed by atoms with E-state index in [-0.39, 0.29) is 17.5 Å². The molecule has 1 unspecified atom stereocenters. The first-order valence-corrected chi connectivity index (χ1v) is 4.79. The van der Waals surface area contributed by atoms with Crippen molar-refractivity contribution < 1.29 is 10.2 Å². The van der Waals surface area contributed by atoms with E-state index in [1.54, 1.807) is 12.1 Å². The Kier molecular flexibility index (Phi) is 3.36. The molecule has 1 rings (SSSR count). The SMILES string of the molecule is CC(C)NC(C)c1cccc(O)c1O. The van der Waals surface area contributed by atoms with Crippen LogP contribution in [0.15, 0.2) is 18.2 Å². The zero-order chi connectivity index (χ0) is 10.7. The van der Waals surface area contributed by atoms with Gasteiger partial charge in [0.25, 0.3) is 0 Å². The molecule has 3 nitrogen and oxygen atoms in total. The number of phenolic OH excluding ortho intramolecular Hbond substituents is 2. The number of para-hydroxylation sites is 1. The van der Waals surface area contributed by atoms with Gasteiger partial charge < -0.3 is 15.5 Å². The molecular weight excluding hydrogens is 178 g/mol. The zero-order valence-corrected chi connectivity index (χ0v) is 8.78. The number of hydrogen-bond donors (Lipinski definition) is 3. The van der Waals surface area contributed by atoms with E-state index in [2.05, 4.69) is 5.32 Å². The molecule has 0 aromatic heterocycles. The monoisotopic (exact) mass is 195 g/mol. The van der Waals surface area contributed by atoms with Gasteiger partial charge in [0.05, 0.1) is 0 Å². The second kappa shape index (κ2) is 4.33. The largest absolute Gasteiger partial charge is 0.504 e. The summed E-state index contributed by atoms with van der Waals surface area (Å²) < 4.78 is 0. The lowest BCUT2D eigenvalue weighted by Crippen LogP contribution is -2.26. The van der Waals surface area contributed by atoms with E-state index in [9.17, 15) is 10.2 Å². The molecule has 0 aliphatic heterocycles. The third-order valence-corrected chi connectivity index (χ3v) is 2.10. The lowest BCUT2D eigenvalue weighted by Gasteiger charge is -2.18. The Hall–Kier alpha value is -1.22. The minimum atomic E-state index is -0.0695. The van der Waals surface area contributed by atoms with Crippen LogP contribution in [0.25, 0.3) is 0 Å². The van der Waals surface area contributed by atoms with Gasteiger partial charge in [0.15, 0.2) is 11.5 Å². The van der Waals surface area contributed by atoms with Gasteiger partial charge in [-0.25, -0.2) is 0 Å². The molecule has 0 spiro atoms. The van der Waals surface area contributed by atoms with Gasteiger partial charge in [-0.15, -0.1) is 0 Å². The van der Waals surface area contributed by atoms with Crippen molar-refractivity contribution in [2.45, 2.75) is 32.9 Å². The number of aromatic hydroxyl groups is 2. The highest BCUT2D eigenvalue weighted by Gasteiger charge is 2.13. The first kappa shape index (κ1) is 10.9. The van der Waals surface area contributed by atoms with Gasteiger partial charge >= 0.3 is 0 Å². The van der Waals surface area contributed by atoms with Crippen LogP contribution in [0.4, 0.5) is 0 Å². The van der Waals surface area contributed by atoms with Crippen molar-refractivity contribution in [1.29, 1.82) is 0 Å². The van der Waals surface area contributed by atoms with Crippen molar-refractivity contribution in [3.8, 4) is 11.5 Å². The highest BCUT2D eigenvalue weighted by Crippen LogP contribution is 2.32. The van der Waals surface area contributed by atoms with Gasteiger partial charge in [0, 0.05) is 17.6 Å². The highest BCUT2D eigenvalue weighted by molar-refractivity contribution is 5.45. The minimum absolute atomic E-state index is 0.0297. The summed E-state index contributed by atoms with van der Waals surface area (Å²) in [5.74, 6) is -0.104. The Labute approximate surface area is 84.4 Å². The molecule has 3 N–H and O–H groups in total. The average molecular weight is 195 g/mol. The van der Waals surface area contributed by atoms with Crippen molar-refractivity contribution in [2.24, 2.45) is 0 Å². The molecule has 1 atom stereocenters. The van der Waals surface area contributed by atoms with Crippen molar-refractivity contribution >= 4 is 0 Å². The lowest BCUT2D eigenvalue weighted by molar-refractivity contribution is 0.389. The van der Waals surface area contributed by atoms with Crippen molar-refractivity contribution in [1.82, 2.24) is 5.32 Å². The average Bonchev–Trinajstić information content (AvgIpc) is 2.08. The van der Waals surface area contributed by atoms with E-state index in [1.165, 1.54) is 6.07 Å². The Morgan fingerprint density at radius 1 is 1.14 bits per heavy atom. The first-order chi connectivity index (χ1) is 6.52. The van der Waals surface area contributed by atoms with Crippen molar-refractivity contribution in [3.63, 3.8) is 0 Å². The van der Waals surface area contributed by atoms with Gasteiger partial charge in [-0.3, -0.25) is 0 Å². The summed E-state index contributed by atoms with van der Waals surface area (Å²) in [6, 6.07) is 5.37. The van der Waals surface area contributed by atoms with Crippen LogP contribution in [0.1, 0.15) is 32.4 Å². The van der Waals surface area contributed by atoms with Crippen LogP contribution in [0.3, 0.4) is 0 Å². The summed E-state index contributed by atoms with van der Waals surface area (Å²) in [4.78, 5) is 0. The summed E-state index contributed by atoms with van der Waals surface area (Å²) in [5.41, 5.74) is 0.721. The van der Waals surface area contributed by atoms with E-state index in [0.29, 0.717) is 6.04 Å². The van der Waals surface area contributed by atoms with Crippen LogP contribution in [0, 0.1) is 0 Å². The van der Waals surface area contributed by atoms with Crippen LogP contribution in [-0.4, -0.2) is 16.3 Å². The van der Waals surface area contributed by atoms with Crippen LogP contribution in [-0.2, 0) is 0 Å². The number of hydrogen-bond acceptors (Lipinski definition) is 3. The Bertz CT molecular complexity index is 310. The molecule has 0 aliphatic carbocycles. The van der Waals surface area contributed by atoms with Crippen LogP contribution < -0.4 is 5.32 Å². The van der Waals surface area contributed by atoms with E-state index in [4.69, 9.17) is 0 Å². The van der Waals surface area contributed by atoms with Gasteiger partial charge in [-0.1, -0.05) is 26.0 Å². The highest BCUT2D eigenvalue weighted by atomic mass is 16.3. The Morgan fingerprint density at radius 3 is 2.36 bits per heavy atom. The molecule has 1 aromatic carbocycles. The standard InChI is InChI=1S/C11H17NO2/c1-7(2)12-8(3)9-5-4-6-10(13)11(9)14/h4-8,12-14H,1-3H3. The van der Waals surface area contributed by atoms with Gasteiger partial charge in [0.1, 0.15) is 0 Å². The third-order valence-electron chi connectivity index (χ3n) is 2.10. The molecule has 0 amide bonds. The van der Waals surface area contributed by atoms with E-state index in [0.717, 1.165) is 5.56 Å².